The van der Waals surface area contributed by atoms with Crippen LogP contribution in [0.25, 0.3) is 11.0 Å². The van der Waals surface area contributed by atoms with Crippen LogP contribution >= 0.6 is 0 Å². The van der Waals surface area contributed by atoms with Gasteiger partial charge in [-0.2, -0.15) is 0 Å². The van der Waals surface area contributed by atoms with E-state index in [4.69, 9.17) is 5.73 Å². The molecule has 3 aromatic rings. The topological polar surface area (TPSA) is 56.7 Å². The zero-order valence-corrected chi connectivity index (χ0v) is 11.4. The third kappa shape index (κ3) is 1.48. The number of benzene rings is 1. The number of nitrogen functional groups attached to an aromatic ring is 1. The summed E-state index contributed by atoms with van der Waals surface area (Å²) >= 11 is 0. The van der Waals surface area contributed by atoms with E-state index in [1.165, 1.54) is 16.7 Å². The number of aromatic nitrogens is 3. The molecule has 0 saturated heterocycles. The van der Waals surface area contributed by atoms with E-state index in [1.807, 2.05) is 11.6 Å². The molecule has 1 atom stereocenters. The quantitative estimate of drug-likeness (QED) is 0.735. The van der Waals surface area contributed by atoms with E-state index >= 15 is 0 Å². The van der Waals surface area contributed by atoms with Crippen LogP contribution in [0.3, 0.4) is 0 Å². The molecule has 0 radical (unpaired) electrons. The summed E-state index contributed by atoms with van der Waals surface area (Å²) in [5, 5.41) is 0. The van der Waals surface area contributed by atoms with Gasteiger partial charge < -0.3 is 10.3 Å². The van der Waals surface area contributed by atoms with Crippen molar-refractivity contribution in [3.8, 4) is 0 Å². The largest absolute Gasteiger partial charge is 0.382 e. The van der Waals surface area contributed by atoms with Crippen molar-refractivity contribution in [3.05, 3.63) is 53.5 Å². The molecule has 1 unspecified atom stereocenters. The fourth-order valence-corrected chi connectivity index (χ4v) is 3.42. The van der Waals surface area contributed by atoms with Crippen molar-refractivity contribution in [3.63, 3.8) is 0 Å². The fourth-order valence-electron chi connectivity index (χ4n) is 3.42. The van der Waals surface area contributed by atoms with Crippen molar-refractivity contribution in [2.75, 3.05) is 5.73 Å². The number of aryl methyl sites for hydroxylation is 2. The molecule has 2 aromatic heterocycles. The third-order valence-electron chi connectivity index (χ3n) is 4.32. The SMILES string of the molecule is Cn1cc(C2CCc3ccccc32)c2ncnc(N)c21. The zero-order valence-electron chi connectivity index (χ0n) is 11.4. The van der Waals surface area contributed by atoms with Crippen LogP contribution in [0.1, 0.15) is 29.0 Å². The van der Waals surface area contributed by atoms with E-state index in [2.05, 4.69) is 40.4 Å². The Hall–Kier alpha value is -2.36. The first-order chi connectivity index (χ1) is 9.75. The Morgan fingerprint density at radius 1 is 1.20 bits per heavy atom. The maximum absolute atomic E-state index is 5.99. The molecule has 0 spiro atoms. The molecule has 1 aliphatic carbocycles. The molecule has 2 N–H and O–H groups in total. The van der Waals surface area contributed by atoms with Gasteiger partial charge in [0.1, 0.15) is 11.8 Å². The summed E-state index contributed by atoms with van der Waals surface area (Å²) in [4.78, 5) is 8.57. The van der Waals surface area contributed by atoms with Crippen molar-refractivity contribution < 1.29 is 0 Å². The molecule has 4 nitrogen and oxygen atoms in total. The molecule has 1 aliphatic rings. The van der Waals surface area contributed by atoms with Crippen molar-refractivity contribution in [1.29, 1.82) is 0 Å². The first kappa shape index (κ1) is 11.5. The molecule has 0 amide bonds. The highest BCUT2D eigenvalue weighted by molar-refractivity contribution is 5.88. The van der Waals surface area contributed by atoms with Crippen molar-refractivity contribution in [2.24, 2.45) is 7.05 Å². The van der Waals surface area contributed by atoms with E-state index in [1.54, 1.807) is 6.33 Å². The number of hydrogen-bond donors (Lipinski definition) is 1. The maximum Gasteiger partial charge on any atom is 0.151 e. The summed E-state index contributed by atoms with van der Waals surface area (Å²) in [6, 6.07) is 8.69. The molecule has 0 bridgehead atoms. The molecular weight excluding hydrogens is 248 g/mol. The lowest BCUT2D eigenvalue weighted by atomic mass is 9.94. The van der Waals surface area contributed by atoms with E-state index < -0.39 is 0 Å². The van der Waals surface area contributed by atoms with Crippen LogP contribution in [-0.4, -0.2) is 14.5 Å². The Balaban J connectivity index is 1.95. The lowest BCUT2D eigenvalue weighted by Crippen LogP contribution is -1.97. The monoisotopic (exact) mass is 264 g/mol. The summed E-state index contributed by atoms with van der Waals surface area (Å²) < 4.78 is 2.04. The van der Waals surface area contributed by atoms with Gasteiger partial charge in [0, 0.05) is 24.7 Å². The minimum absolute atomic E-state index is 0.421. The van der Waals surface area contributed by atoms with Crippen LogP contribution in [0.2, 0.25) is 0 Å². The van der Waals surface area contributed by atoms with Gasteiger partial charge >= 0.3 is 0 Å². The molecule has 0 aliphatic heterocycles. The Morgan fingerprint density at radius 2 is 2.05 bits per heavy atom. The summed E-state index contributed by atoms with van der Waals surface area (Å²) in [7, 11) is 2.01. The van der Waals surface area contributed by atoms with Gasteiger partial charge in [0.05, 0.1) is 5.52 Å². The second-order valence-corrected chi connectivity index (χ2v) is 5.44. The number of anilines is 1. The van der Waals surface area contributed by atoms with Crippen molar-refractivity contribution >= 4 is 16.9 Å². The van der Waals surface area contributed by atoms with Gasteiger partial charge in [-0.05, 0) is 24.0 Å². The van der Waals surface area contributed by atoms with Gasteiger partial charge in [-0.3, -0.25) is 0 Å². The van der Waals surface area contributed by atoms with Gasteiger partial charge in [0.2, 0.25) is 0 Å². The lowest BCUT2D eigenvalue weighted by molar-refractivity contribution is 0.786. The van der Waals surface area contributed by atoms with Crippen molar-refractivity contribution in [1.82, 2.24) is 14.5 Å². The molecule has 100 valence electrons. The minimum Gasteiger partial charge on any atom is -0.382 e. The average Bonchev–Trinajstić information content (AvgIpc) is 3.01. The molecule has 0 saturated carbocycles. The Labute approximate surface area is 117 Å². The van der Waals surface area contributed by atoms with Crippen LogP contribution in [0.5, 0.6) is 0 Å². The van der Waals surface area contributed by atoms with E-state index in [-0.39, 0.29) is 0 Å². The minimum atomic E-state index is 0.421. The van der Waals surface area contributed by atoms with Gasteiger partial charge in [0.25, 0.3) is 0 Å². The number of hydrogen-bond acceptors (Lipinski definition) is 3. The number of nitrogens with zero attached hydrogens (tertiary/aromatic N) is 3. The summed E-state index contributed by atoms with van der Waals surface area (Å²) in [6.45, 7) is 0. The van der Waals surface area contributed by atoms with Crippen LogP contribution in [0.4, 0.5) is 5.82 Å². The Morgan fingerprint density at radius 3 is 2.95 bits per heavy atom. The summed E-state index contributed by atoms with van der Waals surface area (Å²) in [5.74, 6) is 0.972. The van der Waals surface area contributed by atoms with Gasteiger partial charge in [-0.1, -0.05) is 24.3 Å². The van der Waals surface area contributed by atoms with Crippen LogP contribution in [0.15, 0.2) is 36.8 Å². The first-order valence-corrected chi connectivity index (χ1v) is 6.89. The van der Waals surface area contributed by atoms with E-state index in [0.29, 0.717) is 11.7 Å². The van der Waals surface area contributed by atoms with Crippen LogP contribution < -0.4 is 5.73 Å². The third-order valence-corrected chi connectivity index (χ3v) is 4.32. The maximum atomic E-state index is 5.99. The summed E-state index contributed by atoms with van der Waals surface area (Å²) in [5.41, 5.74) is 12.1. The highest BCUT2D eigenvalue weighted by atomic mass is 15.0. The zero-order chi connectivity index (χ0) is 13.7. The van der Waals surface area contributed by atoms with E-state index in [9.17, 15) is 0 Å². The fraction of sp³-hybridized carbons (Fsp3) is 0.250. The van der Waals surface area contributed by atoms with Crippen molar-refractivity contribution in [2.45, 2.75) is 18.8 Å². The molecular formula is C16H16N4. The lowest BCUT2D eigenvalue weighted by Gasteiger charge is -2.10. The standard InChI is InChI=1S/C16H16N4/c1-20-8-13(14-15(20)16(17)19-9-18-14)12-7-6-10-4-2-3-5-11(10)12/h2-5,8-9,12H,6-7H2,1H3,(H2,17,18,19). The molecule has 20 heavy (non-hydrogen) atoms. The Bertz CT molecular complexity index is 803. The molecule has 2 heterocycles. The Kier molecular flexibility index (Phi) is 2.33. The second kappa shape index (κ2) is 4.07. The smallest absolute Gasteiger partial charge is 0.151 e. The predicted molar refractivity (Wildman–Crippen MR) is 79.5 cm³/mol. The molecule has 4 heteroatoms. The average molecular weight is 264 g/mol. The first-order valence-electron chi connectivity index (χ1n) is 6.89. The highest BCUT2D eigenvalue weighted by Gasteiger charge is 2.27. The van der Waals surface area contributed by atoms with Gasteiger partial charge in [0.15, 0.2) is 5.82 Å². The van der Waals surface area contributed by atoms with Gasteiger partial charge in [-0.15, -0.1) is 0 Å². The van der Waals surface area contributed by atoms with E-state index in [0.717, 1.165) is 23.9 Å². The van der Waals surface area contributed by atoms with Crippen LogP contribution in [0, 0.1) is 0 Å². The molecule has 1 aromatic carbocycles. The summed E-state index contributed by atoms with van der Waals surface area (Å²) in [6.07, 6.45) is 5.99. The second-order valence-electron chi connectivity index (χ2n) is 5.44. The molecule has 4 rings (SSSR count). The van der Waals surface area contributed by atoms with Crippen LogP contribution in [-0.2, 0) is 13.5 Å². The normalized spacial score (nSPS) is 17.6. The number of fused-ring (bicyclic) bond motifs is 2. The predicted octanol–water partition coefficient (Wildman–Crippen LogP) is 2.63. The molecule has 0 fully saturated rings. The number of nitrogens with two attached hydrogens (primary N) is 1. The number of rotatable bonds is 1. The highest BCUT2D eigenvalue weighted by Crippen LogP contribution is 2.41. The van der Waals surface area contributed by atoms with Gasteiger partial charge in [-0.25, -0.2) is 9.97 Å².